The van der Waals surface area contributed by atoms with Crippen LogP contribution in [0.1, 0.15) is 11.5 Å². The Hall–Kier alpha value is -1.07. The molecule has 0 bridgehead atoms. The number of carboxylic acid groups (broad SMARTS) is 1. The lowest BCUT2D eigenvalue weighted by Gasteiger charge is -2.02. The van der Waals surface area contributed by atoms with E-state index in [0.717, 1.165) is 0 Å². The summed E-state index contributed by atoms with van der Waals surface area (Å²) in [5.41, 5.74) is 5.87. The van der Waals surface area contributed by atoms with Crippen molar-refractivity contribution in [2.24, 2.45) is 5.73 Å². The number of nitrogens with two attached hydrogens (primary N) is 1. The molecule has 0 amide bonds. The van der Waals surface area contributed by atoms with Crippen molar-refractivity contribution >= 4 is 17.6 Å². The maximum Gasteiger partial charge on any atom is 0.320 e. The van der Waals surface area contributed by atoms with Gasteiger partial charge in [-0.15, -0.1) is 0 Å². The van der Waals surface area contributed by atoms with E-state index in [1.807, 2.05) is 0 Å². The van der Waals surface area contributed by atoms with Gasteiger partial charge in [0.15, 0.2) is 0 Å². The molecule has 3 N–H and O–H groups in total. The molecule has 13 heavy (non-hydrogen) atoms. The van der Waals surface area contributed by atoms with Crippen molar-refractivity contribution in [2.45, 2.75) is 19.4 Å². The van der Waals surface area contributed by atoms with E-state index in [1.54, 1.807) is 6.92 Å². The molecule has 0 aliphatic carbocycles. The summed E-state index contributed by atoms with van der Waals surface area (Å²) in [4.78, 5) is 14.2. The number of halogens is 1. The maximum absolute atomic E-state index is 10.4. The van der Waals surface area contributed by atoms with E-state index in [1.165, 1.54) is 0 Å². The Morgan fingerprint density at radius 3 is 2.85 bits per heavy atom. The van der Waals surface area contributed by atoms with Gasteiger partial charge in [-0.05, 0) is 18.5 Å². The van der Waals surface area contributed by atoms with Gasteiger partial charge < -0.3 is 15.3 Å². The van der Waals surface area contributed by atoms with Crippen molar-refractivity contribution in [3.63, 3.8) is 0 Å². The molecule has 0 aromatic carbocycles. The lowest BCUT2D eigenvalue weighted by molar-refractivity contribution is -0.138. The molecule has 72 valence electrons. The Kier molecular flexibility index (Phi) is 2.90. The number of hydrogen-bond acceptors (Lipinski definition) is 4. The Balaban J connectivity index is 2.74. The van der Waals surface area contributed by atoms with Gasteiger partial charge in [0.2, 0.25) is 0 Å². The number of hydrogen-bond donors (Lipinski definition) is 2. The van der Waals surface area contributed by atoms with Crippen LogP contribution in [0.3, 0.4) is 0 Å². The number of aromatic nitrogens is 1. The zero-order valence-electron chi connectivity index (χ0n) is 6.95. The highest BCUT2D eigenvalue weighted by Gasteiger charge is 2.17. The van der Waals surface area contributed by atoms with Gasteiger partial charge in [0, 0.05) is 6.42 Å². The molecule has 1 unspecified atom stereocenters. The minimum Gasteiger partial charge on any atom is -0.480 e. The molecule has 0 aliphatic heterocycles. The fourth-order valence-electron chi connectivity index (χ4n) is 0.869. The molecule has 0 saturated heterocycles. The summed E-state index contributed by atoms with van der Waals surface area (Å²) in [6.45, 7) is 1.68. The summed E-state index contributed by atoms with van der Waals surface area (Å²) < 4.78 is 4.95. The van der Waals surface area contributed by atoms with Crippen molar-refractivity contribution in [3.8, 4) is 0 Å². The summed E-state index contributed by atoms with van der Waals surface area (Å²) >= 11 is 5.46. The molecule has 1 aromatic heterocycles. The van der Waals surface area contributed by atoms with Gasteiger partial charge >= 0.3 is 5.97 Å². The molecular weight excluding hydrogens is 196 g/mol. The summed E-state index contributed by atoms with van der Waals surface area (Å²) in [5, 5.41) is 8.53. The number of carboxylic acids is 1. The third-order valence-corrected chi connectivity index (χ3v) is 1.75. The van der Waals surface area contributed by atoms with Crippen LogP contribution in [-0.2, 0) is 11.2 Å². The molecule has 0 radical (unpaired) electrons. The van der Waals surface area contributed by atoms with Crippen molar-refractivity contribution in [1.82, 2.24) is 4.98 Å². The molecule has 5 nitrogen and oxygen atoms in total. The number of nitrogens with zero attached hydrogens (tertiary/aromatic N) is 1. The third kappa shape index (κ3) is 2.43. The number of aryl methyl sites for hydroxylation is 1. The molecule has 1 aromatic rings. The predicted octanol–water partition coefficient (Wildman–Crippen LogP) is 0.591. The fourth-order valence-corrected chi connectivity index (χ4v) is 1.09. The number of oxazole rings is 1. The Bertz CT molecular complexity index is 324. The van der Waals surface area contributed by atoms with Gasteiger partial charge in [-0.3, -0.25) is 4.79 Å². The minimum atomic E-state index is -1.08. The molecule has 1 heterocycles. The van der Waals surface area contributed by atoms with Crippen molar-refractivity contribution in [2.75, 3.05) is 0 Å². The molecule has 0 aliphatic rings. The van der Waals surface area contributed by atoms with Crippen LogP contribution < -0.4 is 5.73 Å². The molecular formula is C7H9ClN2O3. The molecule has 0 saturated carbocycles. The molecule has 0 fully saturated rings. The monoisotopic (exact) mass is 204 g/mol. The van der Waals surface area contributed by atoms with E-state index >= 15 is 0 Å². The number of carbonyl (C=O) groups is 1. The van der Waals surface area contributed by atoms with E-state index < -0.39 is 12.0 Å². The van der Waals surface area contributed by atoms with Crippen molar-refractivity contribution in [1.29, 1.82) is 0 Å². The molecule has 6 heteroatoms. The highest BCUT2D eigenvalue weighted by molar-refractivity contribution is 6.27. The minimum absolute atomic E-state index is 0.00471. The van der Waals surface area contributed by atoms with E-state index in [4.69, 9.17) is 26.9 Å². The van der Waals surface area contributed by atoms with Gasteiger partial charge in [-0.1, -0.05) is 0 Å². The summed E-state index contributed by atoms with van der Waals surface area (Å²) in [6, 6.07) is -0.984. The van der Waals surface area contributed by atoms with Crippen molar-refractivity contribution in [3.05, 3.63) is 16.8 Å². The topological polar surface area (TPSA) is 89.4 Å². The first-order valence-electron chi connectivity index (χ1n) is 3.61. The van der Waals surface area contributed by atoms with Gasteiger partial charge in [-0.2, -0.15) is 0 Å². The largest absolute Gasteiger partial charge is 0.480 e. The second kappa shape index (κ2) is 3.76. The number of rotatable bonds is 3. The normalized spacial score (nSPS) is 12.8. The summed E-state index contributed by atoms with van der Waals surface area (Å²) in [6.07, 6.45) is 0.0981. The second-order valence-corrected chi connectivity index (χ2v) is 2.95. The quantitative estimate of drug-likeness (QED) is 0.752. The van der Waals surface area contributed by atoms with Gasteiger partial charge in [-0.25, -0.2) is 4.98 Å². The highest BCUT2D eigenvalue weighted by Crippen LogP contribution is 2.15. The summed E-state index contributed by atoms with van der Waals surface area (Å²) in [5.74, 6) is -0.660. The lowest BCUT2D eigenvalue weighted by Crippen LogP contribution is -2.32. The van der Waals surface area contributed by atoms with Crippen LogP contribution in [0.25, 0.3) is 0 Å². The van der Waals surface area contributed by atoms with E-state index in [-0.39, 0.29) is 11.8 Å². The van der Waals surface area contributed by atoms with Crippen LogP contribution in [0.2, 0.25) is 5.35 Å². The maximum atomic E-state index is 10.4. The average Bonchev–Trinajstić information content (AvgIpc) is 2.30. The van der Waals surface area contributed by atoms with Crippen LogP contribution in [0.15, 0.2) is 4.42 Å². The van der Waals surface area contributed by atoms with Crippen LogP contribution in [0, 0.1) is 6.92 Å². The zero-order valence-corrected chi connectivity index (χ0v) is 7.71. The van der Waals surface area contributed by atoms with Gasteiger partial charge in [0.05, 0.1) is 5.69 Å². The first-order valence-corrected chi connectivity index (χ1v) is 3.98. The fraction of sp³-hybridized carbons (Fsp3) is 0.429. The Labute approximate surface area is 79.5 Å². The molecule has 1 rings (SSSR count). The number of aliphatic carboxylic acids is 1. The Morgan fingerprint density at radius 1 is 1.85 bits per heavy atom. The van der Waals surface area contributed by atoms with Gasteiger partial charge in [0.25, 0.3) is 5.35 Å². The second-order valence-electron chi connectivity index (χ2n) is 2.62. The highest BCUT2D eigenvalue weighted by atomic mass is 35.5. The molecule has 1 atom stereocenters. The molecule has 0 spiro atoms. The zero-order chi connectivity index (χ0) is 10.0. The third-order valence-electron chi connectivity index (χ3n) is 1.59. The predicted molar refractivity (Wildman–Crippen MR) is 45.6 cm³/mol. The lowest BCUT2D eigenvalue weighted by atomic mass is 10.1. The van der Waals surface area contributed by atoms with E-state index in [2.05, 4.69) is 4.98 Å². The van der Waals surface area contributed by atoms with E-state index in [9.17, 15) is 4.79 Å². The van der Waals surface area contributed by atoms with Crippen molar-refractivity contribution < 1.29 is 14.3 Å². The van der Waals surface area contributed by atoms with Crippen LogP contribution in [0.5, 0.6) is 0 Å². The van der Waals surface area contributed by atoms with Gasteiger partial charge in [0.1, 0.15) is 11.8 Å². The van der Waals surface area contributed by atoms with E-state index in [0.29, 0.717) is 11.5 Å². The first-order chi connectivity index (χ1) is 6.00. The SMILES string of the molecule is Cc1nc(Cl)oc1CC(N)C(=O)O. The summed E-state index contributed by atoms with van der Waals surface area (Å²) in [7, 11) is 0. The van der Waals surface area contributed by atoms with Crippen LogP contribution >= 0.6 is 11.6 Å². The average molecular weight is 205 g/mol. The van der Waals surface area contributed by atoms with Crippen LogP contribution in [0.4, 0.5) is 0 Å². The smallest absolute Gasteiger partial charge is 0.320 e. The Morgan fingerprint density at radius 2 is 2.46 bits per heavy atom. The first kappa shape index (κ1) is 10.0. The van der Waals surface area contributed by atoms with Crippen LogP contribution in [-0.4, -0.2) is 22.1 Å². The standard InChI is InChI=1S/C7H9ClN2O3/c1-3-5(13-7(8)10-3)2-4(9)6(11)12/h4H,2,9H2,1H3,(H,11,12).